The van der Waals surface area contributed by atoms with Crippen molar-refractivity contribution >= 4 is 42.6 Å². The van der Waals surface area contributed by atoms with Crippen LogP contribution < -0.4 is 15.5 Å². The van der Waals surface area contributed by atoms with E-state index >= 15 is 0 Å². The molecule has 2 aromatic carbocycles. The zero-order valence-electron chi connectivity index (χ0n) is 29.3. The summed E-state index contributed by atoms with van der Waals surface area (Å²) >= 11 is 0. The normalized spacial score (nSPS) is 12.0. The summed E-state index contributed by atoms with van der Waals surface area (Å²) in [6.07, 6.45) is 0.857. The number of nitrogens with one attached hydrogen (secondary N) is 2. The van der Waals surface area contributed by atoms with Crippen molar-refractivity contribution in [2.45, 2.75) is 73.1 Å². The zero-order valence-corrected chi connectivity index (χ0v) is 30.2. The Morgan fingerprint density at radius 2 is 1.49 bits per heavy atom. The number of anilines is 3. The summed E-state index contributed by atoms with van der Waals surface area (Å²) in [6.45, 7) is 17.2. The molecule has 0 aliphatic carbocycles. The van der Waals surface area contributed by atoms with Gasteiger partial charge in [-0.15, -0.1) is 0 Å². The minimum Gasteiger partial charge on any atom is -0.434 e. The number of nitrogens with zero attached hydrogens (tertiary/aromatic N) is 1. The molecule has 0 heterocycles. The summed E-state index contributed by atoms with van der Waals surface area (Å²) in [5.74, 6) is 0.0792. The van der Waals surface area contributed by atoms with Gasteiger partial charge in [0.25, 0.3) is 0 Å². The molecule has 0 aromatic heterocycles. The summed E-state index contributed by atoms with van der Waals surface area (Å²) in [5, 5.41) is 5.96. The summed E-state index contributed by atoms with van der Waals surface area (Å²) in [7, 11) is -2.53. The highest BCUT2D eigenvalue weighted by atomic mass is 31.2. The minimum atomic E-state index is -2.53. The van der Waals surface area contributed by atoms with E-state index in [2.05, 4.69) is 43.2 Å². The maximum atomic E-state index is 13.2. The first-order chi connectivity index (χ1) is 22.2. The Morgan fingerprint density at radius 1 is 0.851 bits per heavy atom. The van der Waals surface area contributed by atoms with Crippen LogP contribution in [0.25, 0.3) is 0 Å². The van der Waals surface area contributed by atoms with Gasteiger partial charge < -0.3 is 34.3 Å². The van der Waals surface area contributed by atoms with Gasteiger partial charge in [-0.2, -0.15) is 0 Å². The molecule has 0 saturated carbocycles. The van der Waals surface area contributed by atoms with Gasteiger partial charge in [0.15, 0.2) is 7.37 Å². The maximum absolute atomic E-state index is 13.2. The molecule has 0 saturated heterocycles. The molecule has 2 aromatic rings. The average molecular weight is 676 g/mol. The van der Waals surface area contributed by atoms with Gasteiger partial charge in [0.2, 0.25) is 6.79 Å². The van der Waals surface area contributed by atoms with Crippen molar-refractivity contribution in [2.75, 3.05) is 62.0 Å². The molecule has 2 rings (SSSR count). The van der Waals surface area contributed by atoms with Gasteiger partial charge in [-0.1, -0.05) is 58.4 Å². The third-order valence-electron chi connectivity index (χ3n) is 7.02. The second-order valence-electron chi connectivity index (χ2n) is 12.9. The van der Waals surface area contributed by atoms with Gasteiger partial charge in [0.05, 0.1) is 31.0 Å². The van der Waals surface area contributed by atoms with Crippen LogP contribution in [0.1, 0.15) is 77.3 Å². The van der Waals surface area contributed by atoms with E-state index in [-0.39, 0.29) is 25.0 Å². The van der Waals surface area contributed by atoms with E-state index in [9.17, 15) is 18.9 Å². The largest absolute Gasteiger partial charge is 0.511 e. The lowest BCUT2D eigenvalue weighted by Crippen LogP contribution is -2.32. The van der Waals surface area contributed by atoms with E-state index in [1.54, 1.807) is 13.3 Å². The lowest BCUT2D eigenvalue weighted by molar-refractivity contribution is -0.153. The van der Waals surface area contributed by atoms with Crippen molar-refractivity contribution < 1.29 is 37.7 Å². The number of esters is 1. The monoisotopic (exact) mass is 675 g/mol. The number of rotatable bonds is 19. The Bertz CT molecular complexity index is 1320. The molecular weight excluding hydrogens is 621 g/mol. The first kappa shape index (κ1) is 39.6. The number of ether oxygens (including phenoxy) is 3. The number of aryl methyl sites for hydroxylation is 1. The third-order valence-corrected chi connectivity index (χ3v) is 7.83. The standard InChI is InChI=1S/C35H54N3O8P/c1-9-28(21-33(39)44-24-45-35(41)43-18-10-11-19-46-47(7,8)42)29-14-17-32(38(22-25(2)3)23-26(4)5)31(20-29)37-34(40)36-30-15-12-27(6)13-16-30/h12-17,20,25-26,28H,9-11,18-19,21-24H2,1-8H3,(H2,36,37,40)/t28-/m0/s1. The quantitative estimate of drug-likeness (QED) is 0.0650. The number of urea groups is 1. The molecule has 2 amide bonds. The highest BCUT2D eigenvalue weighted by Crippen LogP contribution is 2.37. The Hall–Kier alpha value is -3.56. The molecule has 12 heteroatoms. The van der Waals surface area contributed by atoms with Crippen LogP contribution in [-0.4, -0.2) is 64.6 Å². The molecule has 0 fully saturated rings. The topological polar surface area (TPSA) is 132 Å². The molecule has 0 unspecified atom stereocenters. The van der Waals surface area contributed by atoms with Crippen LogP contribution >= 0.6 is 7.37 Å². The van der Waals surface area contributed by atoms with E-state index in [1.807, 2.05) is 56.3 Å². The summed E-state index contributed by atoms with van der Waals surface area (Å²) < 4.78 is 31.7. The number of amides is 2. The van der Waals surface area contributed by atoms with E-state index in [0.717, 1.165) is 29.9 Å². The molecule has 11 nitrogen and oxygen atoms in total. The highest BCUT2D eigenvalue weighted by molar-refractivity contribution is 7.57. The molecule has 2 N–H and O–H groups in total. The van der Waals surface area contributed by atoms with E-state index in [4.69, 9.17) is 18.7 Å². The molecule has 0 bridgehead atoms. The summed E-state index contributed by atoms with van der Waals surface area (Å²) in [4.78, 5) is 40.0. The second kappa shape index (κ2) is 20.0. The number of hydrogen-bond acceptors (Lipinski definition) is 9. The van der Waals surface area contributed by atoms with E-state index in [0.29, 0.717) is 49.1 Å². The lowest BCUT2D eigenvalue weighted by atomic mass is 9.92. The number of benzene rings is 2. The third kappa shape index (κ3) is 16.2. The number of hydrogen-bond donors (Lipinski definition) is 2. The molecule has 262 valence electrons. The number of carbonyl (C=O) groups is 3. The maximum Gasteiger partial charge on any atom is 0.511 e. The van der Waals surface area contributed by atoms with Crippen LogP contribution in [-0.2, 0) is 28.1 Å². The SMILES string of the molecule is CC[C@@H](CC(=O)OCOC(=O)OCCCCOP(C)(C)=O)c1ccc(N(CC(C)C)CC(C)C)c(NC(=O)Nc2ccc(C)cc2)c1. The van der Waals surface area contributed by atoms with Crippen molar-refractivity contribution in [1.82, 2.24) is 0 Å². The predicted molar refractivity (Wildman–Crippen MR) is 188 cm³/mol. The van der Waals surface area contributed by atoms with Crippen LogP contribution in [0.2, 0.25) is 0 Å². The van der Waals surface area contributed by atoms with Crippen LogP contribution in [0.3, 0.4) is 0 Å². The van der Waals surface area contributed by atoms with Crippen LogP contribution in [0.4, 0.5) is 26.7 Å². The molecule has 1 atom stereocenters. The van der Waals surface area contributed by atoms with Crippen LogP contribution in [0.15, 0.2) is 42.5 Å². The molecule has 0 aliphatic rings. The lowest BCUT2D eigenvalue weighted by Gasteiger charge is -2.31. The first-order valence-corrected chi connectivity index (χ1v) is 18.9. The highest BCUT2D eigenvalue weighted by Gasteiger charge is 2.21. The first-order valence-electron chi connectivity index (χ1n) is 16.3. The fraction of sp³-hybridized carbons (Fsp3) is 0.571. The van der Waals surface area contributed by atoms with Crippen molar-refractivity contribution in [3.05, 3.63) is 53.6 Å². The van der Waals surface area contributed by atoms with Crippen molar-refractivity contribution in [2.24, 2.45) is 11.8 Å². The fourth-order valence-corrected chi connectivity index (χ4v) is 5.41. The smallest absolute Gasteiger partial charge is 0.434 e. The summed E-state index contributed by atoms with van der Waals surface area (Å²) in [6, 6.07) is 13.1. The fourth-order valence-electron chi connectivity index (χ4n) is 4.84. The summed E-state index contributed by atoms with van der Waals surface area (Å²) in [5.41, 5.74) is 4.21. The van der Waals surface area contributed by atoms with Gasteiger partial charge in [0.1, 0.15) is 0 Å². The van der Waals surface area contributed by atoms with Crippen molar-refractivity contribution in [3.63, 3.8) is 0 Å². The van der Waals surface area contributed by atoms with Gasteiger partial charge in [-0.3, -0.25) is 9.36 Å². The Balaban J connectivity index is 2.06. The number of carbonyl (C=O) groups excluding carboxylic acids is 3. The second-order valence-corrected chi connectivity index (χ2v) is 15.7. The minimum absolute atomic E-state index is 0.0592. The zero-order chi connectivity index (χ0) is 35.0. The van der Waals surface area contributed by atoms with E-state index in [1.165, 1.54) is 0 Å². The van der Waals surface area contributed by atoms with Gasteiger partial charge in [0, 0.05) is 32.1 Å². The number of unbranched alkanes of at least 4 members (excludes halogenated alkanes) is 1. The molecule has 47 heavy (non-hydrogen) atoms. The van der Waals surface area contributed by atoms with Crippen molar-refractivity contribution in [3.8, 4) is 0 Å². The Labute approximate surface area is 280 Å². The Morgan fingerprint density at radius 3 is 2.09 bits per heavy atom. The molecule has 0 radical (unpaired) electrons. The molecule has 0 aliphatic heterocycles. The van der Waals surface area contributed by atoms with Crippen LogP contribution in [0, 0.1) is 18.8 Å². The predicted octanol–water partition coefficient (Wildman–Crippen LogP) is 8.63. The molecular formula is C35H54N3O8P. The Kier molecular flexibility index (Phi) is 16.8. The average Bonchev–Trinajstić information content (AvgIpc) is 2.97. The van der Waals surface area contributed by atoms with Crippen LogP contribution in [0.5, 0.6) is 0 Å². The molecule has 0 spiro atoms. The van der Waals surface area contributed by atoms with E-state index < -0.39 is 26.3 Å². The van der Waals surface area contributed by atoms with Gasteiger partial charge in [-0.25, -0.2) is 9.59 Å². The van der Waals surface area contributed by atoms with Crippen molar-refractivity contribution in [1.29, 1.82) is 0 Å². The van der Waals surface area contributed by atoms with Gasteiger partial charge >= 0.3 is 18.2 Å². The van der Waals surface area contributed by atoms with Gasteiger partial charge in [-0.05, 0) is 73.8 Å².